The van der Waals surface area contributed by atoms with E-state index in [1.54, 1.807) is 0 Å². The van der Waals surface area contributed by atoms with Crippen LogP contribution in [-0.2, 0) is 4.79 Å². The summed E-state index contributed by atoms with van der Waals surface area (Å²) in [5, 5.41) is 9.32. The Hall–Kier alpha value is -4.58. The van der Waals surface area contributed by atoms with Gasteiger partial charge in [0.05, 0.1) is 22.7 Å². The van der Waals surface area contributed by atoms with E-state index in [2.05, 4.69) is 20.2 Å². The highest BCUT2D eigenvalue weighted by molar-refractivity contribution is 6.45. The lowest BCUT2D eigenvalue weighted by atomic mass is 9.96. The molecule has 36 heavy (non-hydrogen) atoms. The normalized spacial score (nSPS) is 14.6. The smallest absolute Gasteiger partial charge is 0.295 e. The quantitative estimate of drug-likeness (QED) is 0.160. The molecule has 12 heteroatoms. The fourth-order valence-electron chi connectivity index (χ4n) is 4.32. The monoisotopic (exact) mass is 490 g/mol. The second-order valence-electron chi connectivity index (χ2n) is 8.34. The molecular formula is C24H23FN8O3. The number of aromatic nitrogens is 4. The van der Waals surface area contributed by atoms with Crippen molar-refractivity contribution in [1.82, 2.24) is 25.1 Å². The first-order valence-corrected chi connectivity index (χ1v) is 11.3. The maximum atomic E-state index is 14.7. The Morgan fingerprint density at radius 3 is 2.67 bits per heavy atom. The zero-order valence-electron chi connectivity index (χ0n) is 19.1. The van der Waals surface area contributed by atoms with Gasteiger partial charge in [0.15, 0.2) is 11.6 Å². The molecule has 1 amide bonds. The zero-order chi connectivity index (χ0) is 25.2. The van der Waals surface area contributed by atoms with Crippen molar-refractivity contribution < 1.29 is 18.4 Å². The summed E-state index contributed by atoms with van der Waals surface area (Å²) in [7, 11) is 0. The van der Waals surface area contributed by atoms with E-state index in [-0.39, 0.29) is 28.2 Å². The molecule has 4 heterocycles. The van der Waals surface area contributed by atoms with Gasteiger partial charge >= 0.3 is 0 Å². The number of carbonyl (C=O) groups is 2. The van der Waals surface area contributed by atoms with Crippen LogP contribution in [0.25, 0.3) is 22.4 Å². The number of pyridine rings is 1. The van der Waals surface area contributed by atoms with Crippen LogP contribution in [0.2, 0.25) is 0 Å². The third-order valence-corrected chi connectivity index (χ3v) is 6.17. The Morgan fingerprint density at radius 2 is 1.94 bits per heavy atom. The average molecular weight is 490 g/mol. The highest BCUT2D eigenvalue weighted by Gasteiger charge is 2.32. The molecule has 0 radical (unpaired) electrons. The number of hydrogen-bond acceptors (Lipinski definition) is 9. The van der Waals surface area contributed by atoms with Crippen molar-refractivity contribution >= 4 is 28.4 Å². The van der Waals surface area contributed by atoms with Crippen LogP contribution in [0, 0.1) is 5.82 Å². The summed E-state index contributed by atoms with van der Waals surface area (Å²) in [6.07, 6.45) is 5.85. The first-order chi connectivity index (χ1) is 17.5. The molecule has 1 fully saturated rings. The number of anilines is 1. The van der Waals surface area contributed by atoms with Crippen molar-refractivity contribution in [3.8, 4) is 11.5 Å². The standard InChI is InChI=1S/C24H23FN8O3/c25-17-13-29-21(33(27)11-8-26)19-18(17)16(12-28-19)20(34)24(35)32-9-6-15(7-10-32)23-31-30-22(36-23)14-4-2-1-3-5-14/h1-5,8,11-13,15,28H,6-7,9-10,26-27H2/b11-8-. The van der Waals surface area contributed by atoms with Gasteiger partial charge in [-0.15, -0.1) is 10.2 Å². The molecule has 0 spiro atoms. The lowest BCUT2D eigenvalue weighted by Crippen LogP contribution is -2.41. The number of ketones is 1. The molecule has 0 aliphatic carbocycles. The lowest BCUT2D eigenvalue weighted by Gasteiger charge is -2.29. The average Bonchev–Trinajstić information content (AvgIpc) is 3.58. The van der Waals surface area contributed by atoms with E-state index in [9.17, 15) is 14.0 Å². The van der Waals surface area contributed by atoms with Crippen molar-refractivity contribution in [2.45, 2.75) is 18.8 Å². The molecule has 0 atom stereocenters. The molecule has 11 nitrogen and oxygen atoms in total. The molecule has 0 unspecified atom stereocenters. The van der Waals surface area contributed by atoms with E-state index >= 15 is 0 Å². The molecule has 1 aliphatic rings. The van der Waals surface area contributed by atoms with Gasteiger partial charge in [-0.1, -0.05) is 18.2 Å². The van der Waals surface area contributed by atoms with Gasteiger partial charge in [-0.2, -0.15) is 0 Å². The van der Waals surface area contributed by atoms with Crippen LogP contribution in [0.4, 0.5) is 10.2 Å². The topological polar surface area (TPSA) is 160 Å². The SMILES string of the molecule is N/C=C\N(N)c1ncc(F)c2c(C(=O)C(=O)N3CCC(c4nnc(-c5ccccc5)o4)CC3)c[nH]c12. The minimum absolute atomic E-state index is 0.0283. The number of piperidine rings is 1. The molecule has 184 valence electrons. The molecule has 1 aromatic carbocycles. The number of nitrogens with zero attached hydrogens (tertiary/aromatic N) is 5. The number of likely N-dealkylation sites (tertiary alicyclic amines) is 1. The number of aromatic amines is 1. The van der Waals surface area contributed by atoms with Crippen LogP contribution in [0.1, 0.15) is 35.0 Å². The number of amides is 1. The number of rotatable bonds is 6. The molecular weight excluding hydrogens is 467 g/mol. The summed E-state index contributed by atoms with van der Waals surface area (Å²) < 4.78 is 20.5. The molecule has 0 saturated carbocycles. The van der Waals surface area contributed by atoms with Crippen LogP contribution < -0.4 is 16.6 Å². The number of Topliss-reactive ketones (excluding diaryl/α,β-unsaturated/α-hetero) is 1. The second kappa shape index (κ2) is 9.58. The van der Waals surface area contributed by atoms with Gasteiger partial charge in [-0.3, -0.25) is 14.6 Å². The lowest BCUT2D eigenvalue weighted by molar-refractivity contribution is -0.127. The first kappa shape index (κ1) is 23.2. The Morgan fingerprint density at radius 1 is 1.19 bits per heavy atom. The van der Waals surface area contributed by atoms with Crippen molar-refractivity contribution in [1.29, 1.82) is 0 Å². The Kier molecular flexibility index (Phi) is 6.17. The number of H-pyrrole nitrogens is 1. The summed E-state index contributed by atoms with van der Waals surface area (Å²) in [5.41, 5.74) is 6.28. The van der Waals surface area contributed by atoms with Gasteiger partial charge in [-0.25, -0.2) is 15.2 Å². The number of hydrazine groups is 1. The summed E-state index contributed by atoms with van der Waals surface area (Å²) in [5.74, 6) is 4.64. The van der Waals surface area contributed by atoms with E-state index in [1.165, 1.54) is 23.5 Å². The van der Waals surface area contributed by atoms with E-state index < -0.39 is 17.5 Å². The third kappa shape index (κ3) is 4.18. The maximum Gasteiger partial charge on any atom is 0.295 e. The fourth-order valence-corrected chi connectivity index (χ4v) is 4.32. The van der Waals surface area contributed by atoms with Crippen molar-refractivity contribution in [3.05, 3.63) is 72.4 Å². The van der Waals surface area contributed by atoms with Crippen molar-refractivity contribution in [3.63, 3.8) is 0 Å². The van der Waals surface area contributed by atoms with Gasteiger partial charge in [0.1, 0.15) is 0 Å². The molecule has 3 aromatic heterocycles. The largest absolute Gasteiger partial charge is 0.420 e. The number of benzene rings is 1. The molecule has 1 aliphatic heterocycles. The summed E-state index contributed by atoms with van der Waals surface area (Å²) >= 11 is 0. The number of hydrogen-bond donors (Lipinski definition) is 3. The van der Waals surface area contributed by atoms with Gasteiger partial charge < -0.3 is 20.0 Å². The number of halogens is 1. The Balaban J connectivity index is 1.30. The highest BCUT2D eigenvalue weighted by atomic mass is 19.1. The predicted molar refractivity (Wildman–Crippen MR) is 129 cm³/mol. The van der Waals surface area contributed by atoms with Gasteiger partial charge in [0.2, 0.25) is 11.8 Å². The third-order valence-electron chi connectivity index (χ3n) is 6.17. The van der Waals surface area contributed by atoms with E-state index in [0.717, 1.165) is 16.8 Å². The molecule has 1 saturated heterocycles. The van der Waals surface area contributed by atoms with Crippen LogP contribution in [-0.4, -0.2) is 49.8 Å². The number of fused-ring (bicyclic) bond motifs is 1. The van der Waals surface area contributed by atoms with Gasteiger partial charge in [0, 0.05) is 43.2 Å². The summed E-state index contributed by atoms with van der Waals surface area (Å²) in [4.78, 5) is 34.3. The number of carbonyl (C=O) groups excluding carboxylic acids is 2. The summed E-state index contributed by atoms with van der Waals surface area (Å²) in [6, 6.07) is 9.45. The molecule has 5 N–H and O–H groups in total. The van der Waals surface area contributed by atoms with Crippen LogP contribution >= 0.6 is 0 Å². The number of nitrogens with one attached hydrogen (secondary N) is 1. The predicted octanol–water partition coefficient (Wildman–Crippen LogP) is 2.45. The molecule has 5 rings (SSSR count). The van der Waals surface area contributed by atoms with Crippen molar-refractivity contribution in [2.24, 2.45) is 11.6 Å². The summed E-state index contributed by atoms with van der Waals surface area (Å²) in [6.45, 7) is 0.654. The van der Waals surface area contributed by atoms with Crippen molar-refractivity contribution in [2.75, 3.05) is 18.1 Å². The number of nitrogens with two attached hydrogens (primary N) is 2. The van der Waals surface area contributed by atoms with Crippen LogP contribution in [0.15, 0.2) is 59.5 Å². The van der Waals surface area contributed by atoms with Crippen LogP contribution in [0.5, 0.6) is 0 Å². The zero-order valence-corrected chi connectivity index (χ0v) is 19.1. The maximum absolute atomic E-state index is 14.7. The molecule has 4 aromatic rings. The molecule has 0 bridgehead atoms. The fraction of sp³-hybridized carbons (Fsp3) is 0.208. The van der Waals surface area contributed by atoms with E-state index in [4.69, 9.17) is 16.0 Å². The van der Waals surface area contributed by atoms with E-state index in [1.807, 2.05) is 30.3 Å². The minimum Gasteiger partial charge on any atom is -0.420 e. The minimum atomic E-state index is -0.821. The van der Waals surface area contributed by atoms with Gasteiger partial charge in [-0.05, 0) is 25.0 Å². The Labute approximate surface area is 204 Å². The van der Waals surface area contributed by atoms with Crippen LogP contribution in [0.3, 0.4) is 0 Å². The Bertz CT molecular complexity index is 1440. The second-order valence-corrected chi connectivity index (χ2v) is 8.34. The van der Waals surface area contributed by atoms with Gasteiger partial charge in [0.25, 0.3) is 11.7 Å². The van der Waals surface area contributed by atoms with E-state index in [0.29, 0.717) is 37.7 Å². The highest BCUT2D eigenvalue weighted by Crippen LogP contribution is 2.31. The first-order valence-electron chi connectivity index (χ1n) is 11.3.